The number of aromatic nitrogens is 4. The Bertz CT molecular complexity index is 562. The number of anilines is 1. The SMILES string of the molecule is Cc1nn(Cc2c(C)nn(C)c2N)c(C)c1C. The lowest BCUT2D eigenvalue weighted by Gasteiger charge is -2.05. The first kappa shape index (κ1) is 11.7. The highest BCUT2D eigenvalue weighted by Crippen LogP contribution is 2.19. The van der Waals surface area contributed by atoms with Crippen molar-refractivity contribution >= 4 is 5.82 Å². The van der Waals surface area contributed by atoms with Gasteiger partial charge < -0.3 is 5.73 Å². The Hall–Kier alpha value is -1.78. The number of hydrogen-bond donors (Lipinski definition) is 1. The third kappa shape index (κ3) is 1.81. The molecule has 0 bridgehead atoms. The van der Waals surface area contributed by atoms with E-state index in [2.05, 4.69) is 24.0 Å². The average Bonchev–Trinajstić information content (AvgIpc) is 2.65. The molecule has 0 amide bonds. The largest absolute Gasteiger partial charge is 0.384 e. The highest BCUT2D eigenvalue weighted by molar-refractivity contribution is 5.43. The van der Waals surface area contributed by atoms with Crippen LogP contribution >= 0.6 is 0 Å². The van der Waals surface area contributed by atoms with E-state index in [4.69, 9.17) is 5.73 Å². The fraction of sp³-hybridized carbons (Fsp3) is 0.500. The highest BCUT2D eigenvalue weighted by Gasteiger charge is 2.14. The molecule has 0 atom stereocenters. The zero-order valence-corrected chi connectivity index (χ0v) is 11.1. The van der Waals surface area contributed by atoms with Crippen molar-refractivity contribution in [2.24, 2.45) is 7.05 Å². The summed E-state index contributed by atoms with van der Waals surface area (Å²) in [4.78, 5) is 0. The van der Waals surface area contributed by atoms with Crippen LogP contribution in [0, 0.1) is 27.7 Å². The summed E-state index contributed by atoms with van der Waals surface area (Å²) < 4.78 is 3.70. The van der Waals surface area contributed by atoms with Crippen molar-refractivity contribution < 1.29 is 0 Å². The lowest BCUT2D eigenvalue weighted by molar-refractivity contribution is 0.657. The molecule has 0 spiro atoms. The molecule has 92 valence electrons. The van der Waals surface area contributed by atoms with Gasteiger partial charge in [0.25, 0.3) is 0 Å². The molecule has 0 aliphatic carbocycles. The lowest BCUT2D eigenvalue weighted by atomic mass is 10.2. The summed E-state index contributed by atoms with van der Waals surface area (Å²) >= 11 is 0. The molecule has 2 heterocycles. The minimum atomic E-state index is 0.687. The first-order chi connectivity index (χ1) is 7.91. The van der Waals surface area contributed by atoms with Gasteiger partial charge in [-0.2, -0.15) is 10.2 Å². The fourth-order valence-electron chi connectivity index (χ4n) is 2.01. The minimum Gasteiger partial charge on any atom is -0.384 e. The van der Waals surface area contributed by atoms with Crippen molar-refractivity contribution in [1.82, 2.24) is 19.6 Å². The van der Waals surface area contributed by atoms with Gasteiger partial charge in [-0.3, -0.25) is 9.36 Å². The summed E-state index contributed by atoms with van der Waals surface area (Å²) in [5.74, 6) is 0.715. The number of nitrogens with two attached hydrogens (primary N) is 1. The second-order valence-corrected chi connectivity index (χ2v) is 4.53. The summed E-state index contributed by atoms with van der Waals surface area (Å²) in [6, 6.07) is 0. The van der Waals surface area contributed by atoms with Crippen molar-refractivity contribution in [2.75, 3.05) is 5.73 Å². The fourth-order valence-corrected chi connectivity index (χ4v) is 2.01. The molecule has 2 N–H and O–H groups in total. The maximum Gasteiger partial charge on any atom is 0.126 e. The van der Waals surface area contributed by atoms with E-state index in [1.54, 1.807) is 4.68 Å². The molecule has 5 heteroatoms. The third-order valence-corrected chi connectivity index (χ3v) is 3.45. The molecule has 0 saturated carbocycles. The van der Waals surface area contributed by atoms with Crippen molar-refractivity contribution in [1.29, 1.82) is 0 Å². The van der Waals surface area contributed by atoms with E-state index in [0.29, 0.717) is 12.4 Å². The van der Waals surface area contributed by atoms with E-state index in [0.717, 1.165) is 17.0 Å². The molecular weight excluding hydrogens is 214 g/mol. The molecule has 0 unspecified atom stereocenters. The molecule has 2 aromatic heterocycles. The van der Waals surface area contributed by atoms with E-state index in [9.17, 15) is 0 Å². The number of aryl methyl sites for hydroxylation is 3. The molecule has 0 saturated heterocycles. The van der Waals surface area contributed by atoms with Crippen LogP contribution in [0.4, 0.5) is 5.82 Å². The van der Waals surface area contributed by atoms with Crippen LogP contribution < -0.4 is 5.73 Å². The highest BCUT2D eigenvalue weighted by atomic mass is 15.3. The van der Waals surface area contributed by atoms with E-state index < -0.39 is 0 Å². The van der Waals surface area contributed by atoms with Gasteiger partial charge in [0.05, 0.1) is 17.9 Å². The van der Waals surface area contributed by atoms with Gasteiger partial charge in [-0.25, -0.2) is 0 Å². The molecule has 0 aromatic carbocycles. The summed E-state index contributed by atoms with van der Waals surface area (Å²) in [6.45, 7) is 8.86. The summed E-state index contributed by atoms with van der Waals surface area (Å²) in [7, 11) is 1.86. The average molecular weight is 233 g/mol. The number of nitrogen functional groups attached to an aromatic ring is 1. The first-order valence-corrected chi connectivity index (χ1v) is 5.70. The van der Waals surface area contributed by atoms with Crippen molar-refractivity contribution in [3.05, 3.63) is 28.2 Å². The van der Waals surface area contributed by atoms with Crippen LogP contribution in [-0.2, 0) is 13.6 Å². The quantitative estimate of drug-likeness (QED) is 0.854. The Morgan fingerprint density at radius 2 is 1.71 bits per heavy atom. The summed E-state index contributed by atoms with van der Waals surface area (Å²) in [5.41, 5.74) is 11.5. The Morgan fingerprint density at radius 1 is 1.06 bits per heavy atom. The van der Waals surface area contributed by atoms with Crippen molar-refractivity contribution in [3.8, 4) is 0 Å². The molecule has 2 aromatic rings. The Kier molecular flexibility index (Phi) is 2.69. The van der Waals surface area contributed by atoms with Crippen LogP contribution in [0.3, 0.4) is 0 Å². The van der Waals surface area contributed by atoms with Gasteiger partial charge in [0, 0.05) is 18.3 Å². The monoisotopic (exact) mass is 233 g/mol. The van der Waals surface area contributed by atoms with Crippen molar-refractivity contribution in [2.45, 2.75) is 34.2 Å². The van der Waals surface area contributed by atoms with E-state index in [1.807, 2.05) is 25.6 Å². The summed E-state index contributed by atoms with van der Waals surface area (Å²) in [6.07, 6.45) is 0. The zero-order chi connectivity index (χ0) is 12.7. The normalized spacial score (nSPS) is 11.1. The Labute approximate surface area is 101 Å². The Balaban J connectivity index is 2.41. The lowest BCUT2D eigenvalue weighted by Crippen LogP contribution is -2.07. The first-order valence-electron chi connectivity index (χ1n) is 5.70. The molecule has 0 aliphatic heterocycles. The molecule has 0 fully saturated rings. The second kappa shape index (κ2) is 3.91. The van der Waals surface area contributed by atoms with E-state index in [-0.39, 0.29) is 0 Å². The van der Waals surface area contributed by atoms with Crippen LogP contribution in [0.1, 0.15) is 28.2 Å². The van der Waals surface area contributed by atoms with Gasteiger partial charge in [-0.05, 0) is 33.3 Å². The van der Waals surface area contributed by atoms with Gasteiger partial charge in [0.2, 0.25) is 0 Å². The minimum absolute atomic E-state index is 0.687. The van der Waals surface area contributed by atoms with Crippen LogP contribution in [0.25, 0.3) is 0 Å². The smallest absolute Gasteiger partial charge is 0.126 e. The molecular formula is C12H19N5. The van der Waals surface area contributed by atoms with Crippen LogP contribution in [0.2, 0.25) is 0 Å². The van der Waals surface area contributed by atoms with Gasteiger partial charge in [0.1, 0.15) is 5.82 Å². The number of rotatable bonds is 2. The molecule has 0 aliphatic rings. The number of nitrogens with zero attached hydrogens (tertiary/aromatic N) is 4. The molecule has 5 nitrogen and oxygen atoms in total. The Morgan fingerprint density at radius 3 is 2.12 bits per heavy atom. The summed E-state index contributed by atoms with van der Waals surface area (Å²) in [5, 5.41) is 8.84. The van der Waals surface area contributed by atoms with Crippen LogP contribution in [0.15, 0.2) is 0 Å². The topological polar surface area (TPSA) is 61.7 Å². The van der Waals surface area contributed by atoms with Crippen molar-refractivity contribution in [3.63, 3.8) is 0 Å². The van der Waals surface area contributed by atoms with Crippen LogP contribution in [0.5, 0.6) is 0 Å². The van der Waals surface area contributed by atoms with Gasteiger partial charge in [0.15, 0.2) is 0 Å². The maximum atomic E-state index is 6.01. The number of hydrogen-bond acceptors (Lipinski definition) is 3. The van der Waals surface area contributed by atoms with E-state index in [1.165, 1.54) is 11.3 Å². The second-order valence-electron chi connectivity index (χ2n) is 4.53. The third-order valence-electron chi connectivity index (χ3n) is 3.45. The molecule has 17 heavy (non-hydrogen) atoms. The maximum absolute atomic E-state index is 6.01. The van der Waals surface area contributed by atoms with Crippen LogP contribution in [-0.4, -0.2) is 19.6 Å². The molecule has 2 rings (SSSR count). The van der Waals surface area contributed by atoms with Gasteiger partial charge in [-0.1, -0.05) is 0 Å². The van der Waals surface area contributed by atoms with Gasteiger partial charge in [-0.15, -0.1) is 0 Å². The zero-order valence-electron chi connectivity index (χ0n) is 11.1. The van der Waals surface area contributed by atoms with Gasteiger partial charge >= 0.3 is 0 Å². The van der Waals surface area contributed by atoms with E-state index >= 15 is 0 Å². The standard InChI is InChI=1S/C12H19N5/c1-7-8(2)15-17(10(7)4)6-11-9(3)14-16(5)12(11)13/h6,13H2,1-5H3. The predicted octanol–water partition coefficient (Wildman–Crippen LogP) is 1.48. The molecule has 0 radical (unpaired) electrons. The predicted molar refractivity (Wildman–Crippen MR) is 67.9 cm³/mol.